The molecule has 4 heteroatoms. The molecule has 1 aromatic carbocycles. The second-order valence-electron chi connectivity index (χ2n) is 4.20. The second-order valence-corrected chi connectivity index (χ2v) is 4.20. The van der Waals surface area contributed by atoms with Gasteiger partial charge in [-0.2, -0.15) is 0 Å². The third-order valence-corrected chi connectivity index (χ3v) is 3.21. The van der Waals surface area contributed by atoms with Crippen LogP contribution in [-0.4, -0.2) is 22.1 Å². The van der Waals surface area contributed by atoms with E-state index in [1.165, 1.54) is 0 Å². The highest BCUT2D eigenvalue weighted by atomic mass is 16.5. The lowest BCUT2D eigenvalue weighted by Gasteiger charge is -2.06. The number of hydrogen-bond donors (Lipinski definition) is 0. The zero-order chi connectivity index (χ0) is 11.8. The minimum Gasteiger partial charge on any atom is -0.465 e. The van der Waals surface area contributed by atoms with Crippen LogP contribution in [0.1, 0.15) is 25.1 Å². The number of hydrogen-bond acceptors (Lipinski definition) is 3. The molecule has 0 fully saturated rings. The molecule has 0 N–H and O–H groups in total. The third-order valence-electron chi connectivity index (χ3n) is 3.21. The SMILES string of the molecule is CCOC(=O)C1CCn2c1nc1ccccc12. The first-order valence-corrected chi connectivity index (χ1v) is 5.93. The summed E-state index contributed by atoms with van der Waals surface area (Å²) in [5, 5.41) is 0. The number of esters is 1. The lowest BCUT2D eigenvalue weighted by atomic mass is 10.1. The van der Waals surface area contributed by atoms with Crippen molar-refractivity contribution >= 4 is 17.0 Å². The Morgan fingerprint density at radius 3 is 3.18 bits per heavy atom. The zero-order valence-electron chi connectivity index (χ0n) is 9.72. The van der Waals surface area contributed by atoms with Crippen molar-refractivity contribution in [3.8, 4) is 0 Å². The van der Waals surface area contributed by atoms with Crippen LogP contribution >= 0.6 is 0 Å². The van der Waals surface area contributed by atoms with Crippen LogP contribution in [0.5, 0.6) is 0 Å². The maximum Gasteiger partial charge on any atom is 0.316 e. The number of carbonyl (C=O) groups is 1. The molecule has 1 aromatic heterocycles. The summed E-state index contributed by atoms with van der Waals surface area (Å²) in [4.78, 5) is 16.3. The fraction of sp³-hybridized carbons (Fsp3) is 0.385. The zero-order valence-corrected chi connectivity index (χ0v) is 9.72. The summed E-state index contributed by atoms with van der Waals surface area (Å²) in [6.45, 7) is 3.10. The number of ether oxygens (including phenoxy) is 1. The van der Waals surface area contributed by atoms with Gasteiger partial charge in [-0.25, -0.2) is 4.98 Å². The summed E-state index contributed by atoms with van der Waals surface area (Å²) in [7, 11) is 0. The number of carbonyl (C=O) groups excluding carboxylic acids is 1. The average Bonchev–Trinajstić information content (AvgIpc) is 2.87. The number of benzene rings is 1. The van der Waals surface area contributed by atoms with Crippen LogP contribution in [0.2, 0.25) is 0 Å². The summed E-state index contributed by atoms with van der Waals surface area (Å²) < 4.78 is 7.21. The Balaban J connectivity index is 2.05. The van der Waals surface area contributed by atoms with Crippen LogP contribution in [0, 0.1) is 0 Å². The molecule has 0 amide bonds. The Bertz CT molecular complexity index is 574. The standard InChI is InChI=1S/C13H14N2O2/c1-2-17-13(16)9-7-8-15-11-6-4-3-5-10(11)14-12(9)15/h3-6,9H,2,7-8H2,1H3. The number of aromatic nitrogens is 2. The van der Waals surface area contributed by atoms with Crippen molar-refractivity contribution in [3.05, 3.63) is 30.1 Å². The first kappa shape index (κ1) is 10.3. The highest BCUT2D eigenvalue weighted by molar-refractivity contribution is 5.82. The largest absolute Gasteiger partial charge is 0.465 e. The van der Waals surface area contributed by atoms with E-state index >= 15 is 0 Å². The van der Waals surface area contributed by atoms with Crippen molar-refractivity contribution in [1.29, 1.82) is 0 Å². The van der Waals surface area contributed by atoms with E-state index in [2.05, 4.69) is 9.55 Å². The molecule has 1 aliphatic heterocycles. The van der Waals surface area contributed by atoms with Crippen LogP contribution in [0.15, 0.2) is 24.3 Å². The van der Waals surface area contributed by atoms with Crippen LogP contribution in [-0.2, 0) is 16.1 Å². The van der Waals surface area contributed by atoms with Gasteiger partial charge < -0.3 is 9.30 Å². The van der Waals surface area contributed by atoms with E-state index in [1.807, 2.05) is 31.2 Å². The molecule has 3 rings (SSSR count). The molecule has 0 aliphatic carbocycles. The monoisotopic (exact) mass is 230 g/mol. The van der Waals surface area contributed by atoms with Crippen molar-refractivity contribution in [2.75, 3.05) is 6.61 Å². The number of rotatable bonds is 2. The molecule has 1 aliphatic rings. The van der Waals surface area contributed by atoms with Gasteiger partial charge in [0.2, 0.25) is 0 Å². The Kier molecular flexibility index (Phi) is 2.35. The summed E-state index contributed by atoms with van der Waals surface area (Å²) in [6, 6.07) is 7.97. The van der Waals surface area contributed by atoms with E-state index < -0.39 is 0 Å². The first-order chi connectivity index (χ1) is 8.31. The molecular formula is C13H14N2O2. The fourth-order valence-corrected chi connectivity index (χ4v) is 2.45. The van der Waals surface area contributed by atoms with Gasteiger partial charge in [0, 0.05) is 6.54 Å². The van der Waals surface area contributed by atoms with Crippen LogP contribution < -0.4 is 0 Å². The van der Waals surface area contributed by atoms with Gasteiger partial charge in [-0.15, -0.1) is 0 Å². The van der Waals surface area contributed by atoms with Gasteiger partial charge in [-0.1, -0.05) is 12.1 Å². The minimum absolute atomic E-state index is 0.151. The number of imidazole rings is 1. The van der Waals surface area contributed by atoms with Gasteiger partial charge in [0.05, 0.1) is 17.6 Å². The molecule has 0 saturated heterocycles. The Morgan fingerprint density at radius 1 is 1.53 bits per heavy atom. The van der Waals surface area contributed by atoms with E-state index in [4.69, 9.17) is 4.74 Å². The van der Waals surface area contributed by atoms with E-state index in [0.717, 1.165) is 29.8 Å². The molecule has 88 valence electrons. The Morgan fingerprint density at radius 2 is 2.35 bits per heavy atom. The van der Waals surface area contributed by atoms with Gasteiger partial charge >= 0.3 is 5.97 Å². The molecule has 0 bridgehead atoms. The maximum atomic E-state index is 11.8. The molecule has 4 nitrogen and oxygen atoms in total. The van der Waals surface area contributed by atoms with Crippen molar-refractivity contribution in [1.82, 2.24) is 9.55 Å². The predicted molar refractivity (Wildman–Crippen MR) is 63.7 cm³/mol. The normalized spacial score (nSPS) is 18.3. The summed E-state index contributed by atoms with van der Waals surface area (Å²) in [6.07, 6.45) is 0.798. The number of aryl methyl sites for hydroxylation is 1. The lowest BCUT2D eigenvalue weighted by Crippen LogP contribution is -2.14. The van der Waals surface area contributed by atoms with E-state index in [-0.39, 0.29) is 11.9 Å². The predicted octanol–water partition coefficient (Wildman–Crippen LogP) is 2.09. The summed E-state index contributed by atoms with van der Waals surface area (Å²) in [5.74, 6) is 0.508. The quantitative estimate of drug-likeness (QED) is 0.742. The maximum absolute atomic E-state index is 11.8. The Labute approximate surface area is 99.2 Å². The summed E-state index contributed by atoms with van der Waals surface area (Å²) in [5.41, 5.74) is 2.06. The van der Waals surface area contributed by atoms with Crippen LogP contribution in [0.3, 0.4) is 0 Å². The van der Waals surface area contributed by atoms with Crippen molar-refractivity contribution < 1.29 is 9.53 Å². The number of fused-ring (bicyclic) bond motifs is 3. The highest BCUT2D eigenvalue weighted by Crippen LogP contribution is 2.32. The molecule has 2 heterocycles. The number of nitrogens with zero attached hydrogens (tertiary/aromatic N) is 2. The molecule has 17 heavy (non-hydrogen) atoms. The number of para-hydroxylation sites is 2. The van der Waals surface area contributed by atoms with Gasteiger partial charge in [0.15, 0.2) is 0 Å². The summed E-state index contributed by atoms with van der Waals surface area (Å²) >= 11 is 0. The highest BCUT2D eigenvalue weighted by Gasteiger charge is 2.32. The molecule has 0 spiro atoms. The third kappa shape index (κ3) is 1.52. The average molecular weight is 230 g/mol. The first-order valence-electron chi connectivity index (χ1n) is 5.93. The van der Waals surface area contributed by atoms with Gasteiger partial charge in [-0.05, 0) is 25.5 Å². The molecule has 0 saturated carbocycles. The van der Waals surface area contributed by atoms with Gasteiger partial charge in [-0.3, -0.25) is 4.79 Å². The molecule has 2 aromatic rings. The molecule has 1 unspecified atom stereocenters. The topological polar surface area (TPSA) is 44.1 Å². The van der Waals surface area contributed by atoms with Gasteiger partial charge in [0.1, 0.15) is 11.7 Å². The van der Waals surface area contributed by atoms with E-state index in [9.17, 15) is 4.79 Å². The minimum atomic E-state index is -0.192. The van der Waals surface area contributed by atoms with Crippen LogP contribution in [0.4, 0.5) is 0 Å². The van der Waals surface area contributed by atoms with Crippen LogP contribution in [0.25, 0.3) is 11.0 Å². The second kappa shape index (κ2) is 3.87. The van der Waals surface area contributed by atoms with Crippen molar-refractivity contribution in [2.45, 2.75) is 25.8 Å². The fourth-order valence-electron chi connectivity index (χ4n) is 2.45. The van der Waals surface area contributed by atoms with Crippen molar-refractivity contribution in [2.24, 2.45) is 0 Å². The van der Waals surface area contributed by atoms with Crippen molar-refractivity contribution in [3.63, 3.8) is 0 Å². The van der Waals surface area contributed by atoms with E-state index in [0.29, 0.717) is 6.61 Å². The van der Waals surface area contributed by atoms with E-state index in [1.54, 1.807) is 0 Å². The lowest BCUT2D eigenvalue weighted by molar-refractivity contribution is -0.145. The Hall–Kier alpha value is -1.84. The smallest absolute Gasteiger partial charge is 0.316 e. The molecular weight excluding hydrogens is 216 g/mol. The molecule has 0 radical (unpaired) electrons. The van der Waals surface area contributed by atoms with Gasteiger partial charge in [0.25, 0.3) is 0 Å². The molecule has 1 atom stereocenters.